The van der Waals surface area contributed by atoms with Crippen molar-refractivity contribution in [1.82, 2.24) is 5.32 Å². The van der Waals surface area contributed by atoms with Crippen molar-refractivity contribution in [2.75, 3.05) is 23.7 Å². The molecule has 1 N–H and O–H groups in total. The Morgan fingerprint density at radius 1 is 1.10 bits per heavy atom. The van der Waals surface area contributed by atoms with E-state index in [0.29, 0.717) is 24.5 Å². The minimum atomic E-state index is -3.51. The van der Waals surface area contributed by atoms with Crippen molar-refractivity contribution in [1.29, 1.82) is 0 Å². The first-order valence-electron chi connectivity index (χ1n) is 10.3. The van der Waals surface area contributed by atoms with Gasteiger partial charge in [-0.15, -0.1) is 0 Å². The van der Waals surface area contributed by atoms with Gasteiger partial charge in [-0.05, 0) is 49.9 Å². The van der Waals surface area contributed by atoms with Crippen LogP contribution in [0, 0.1) is 0 Å². The molecule has 1 unspecified atom stereocenters. The third kappa shape index (κ3) is 6.76. The van der Waals surface area contributed by atoms with Gasteiger partial charge in [0.25, 0.3) is 0 Å². The van der Waals surface area contributed by atoms with Gasteiger partial charge >= 0.3 is 0 Å². The lowest BCUT2D eigenvalue weighted by molar-refractivity contribution is -0.121. The first-order valence-corrected chi connectivity index (χ1v) is 12.2. The molecule has 30 heavy (non-hydrogen) atoms. The van der Waals surface area contributed by atoms with Crippen LogP contribution in [0.25, 0.3) is 0 Å². The number of nitrogens with one attached hydrogen (secondary N) is 1. The van der Waals surface area contributed by atoms with Gasteiger partial charge in [0.1, 0.15) is 5.75 Å². The monoisotopic (exact) mass is 432 g/mol. The number of rotatable bonds is 11. The predicted molar refractivity (Wildman–Crippen MR) is 121 cm³/mol. The number of anilines is 1. The van der Waals surface area contributed by atoms with Gasteiger partial charge in [0.05, 0.1) is 24.6 Å². The van der Waals surface area contributed by atoms with Crippen LogP contribution in [0.1, 0.15) is 50.8 Å². The zero-order valence-electron chi connectivity index (χ0n) is 18.2. The number of hydrogen-bond donors (Lipinski definition) is 1. The molecule has 0 saturated carbocycles. The number of nitrogens with zero attached hydrogens (tertiary/aromatic N) is 1. The SMILES string of the molecule is CCOc1ccccc1N(CCCC(=O)NC(C)c1ccc(CC)cc1)S(C)(=O)=O. The number of amides is 1. The molecule has 0 saturated heterocycles. The number of ether oxygens (including phenoxy) is 1. The van der Waals surface area contributed by atoms with Gasteiger partial charge in [-0.25, -0.2) is 8.42 Å². The minimum absolute atomic E-state index is 0.103. The van der Waals surface area contributed by atoms with Crippen LogP contribution in [-0.2, 0) is 21.2 Å². The summed E-state index contributed by atoms with van der Waals surface area (Å²) in [5.74, 6) is 0.410. The number of carbonyl (C=O) groups is 1. The van der Waals surface area contributed by atoms with Crippen LogP contribution in [-0.4, -0.2) is 33.7 Å². The minimum Gasteiger partial charge on any atom is -0.492 e. The van der Waals surface area contributed by atoms with E-state index < -0.39 is 10.0 Å². The van der Waals surface area contributed by atoms with E-state index in [-0.39, 0.29) is 24.9 Å². The van der Waals surface area contributed by atoms with Gasteiger partial charge in [0.15, 0.2) is 0 Å². The molecule has 6 nitrogen and oxygen atoms in total. The Morgan fingerprint density at radius 3 is 2.37 bits per heavy atom. The average Bonchev–Trinajstić information content (AvgIpc) is 2.71. The third-order valence-corrected chi connectivity index (χ3v) is 6.04. The molecule has 0 heterocycles. The smallest absolute Gasteiger partial charge is 0.232 e. The second kappa shape index (κ2) is 11.0. The van der Waals surface area contributed by atoms with Gasteiger partial charge in [-0.1, -0.05) is 43.3 Å². The maximum Gasteiger partial charge on any atom is 0.232 e. The lowest BCUT2D eigenvalue weighted by Crippen LogP contribution is -2.33. The zero-order chi connectivity index (χ0) is 22.1. The van der Waals surface area contributed by atoms with E-state index >= 15 is 0 Å². The quantitative estimate of drug-likeness (QED) is 0.581. The van der Waals surface area contributed by atoms with Gasteiger partial charge in [0.2, 0.25) is 15.9 Å². The summed E-state index contributed by atoms with van der Waals surface area (Å²) < 4.78 is 31.6. The molecular formula is C23H32N2O4S. The highest BCUT2D eigenvalue weighted by atomic mass is 32.2. The van der Waals surface area contributed by atoms with E-state index in [1.807, 2.05) is 26.0 Å². The molecule has 0 aliphatic carbocycles. The Morgan fingerprint density at radius 2 is 1.77 bits per heavy atom. The molecule has 7 heteroatoms. The molecule has 2 aromatic rings. The van der Waals surface area contributed by atoms with Gasteiger partial charge in [-0.2, -0.15) is 0 Å². The second-order valence-electron chi connectivity index (χ2n) is 7.22. The Bertz CT molecular complexity index is 926. The number of sulfonamides is 1. The summed E-state index contributed by atoms with van der Waals surface area (Å²) in [5, 5.41) is 2.99. The molecule has 2 rings (SSSR count). The van der Waals surface area contributed by atoms with E-state index in [1.54, 1.807) is 24.3 Å². The number of carbonyl (C=O) groups excluding carboxylic acids is 1. The maximum atomic E-state index is 12.4. The molecule has 164 valence electrons. The van der Waals surface area contributed by atoms with Gasteiger partial charge < -0.3 is 10.1 Å². The fourth-order valence-corrected chi connectivity index (χ4v) is 4.20. The molecule has 0 fully saturated rings. The number of para-hydroxylation sites is 2. The topological polar surface area (TPSA) is 75.7 Å². The molecule has 0 spiro atoms. The zero-order valence-corrected chi connectivity index (χ0v) is 19.0. The molecule has 0 aromatic heterocycles. The van der Waals surface area contributed by atoms with Crippen LogP contribution in [0.15, 0.2) is 48.5 Å². The fraction of sp³-hybridized carbons (Fsp3) is 0.435. The van der Waals surface area contributed by atoms with Crippen molar-refractivity contribution >= 4 is 21.6 Å². The fourth-order valence-electron chi connectivity index (χ4n) is 3.23. The largest absolute Gasteiger partial charge is 0.492 e. The average molecular weight is 433 g/mol. The molecule has 0 aliphatic heterocycles. The van der Waals surface area contributed by atoms with E-state index in [1.165, 1.54) is 9.87 Å². The van der Waals surface area contributed by atoms with Gasteiger partial charge in [-0.3, -0.25) is 9.10 Å². The normalized spacial score (nSPS) is 12.3. The first-order chi connectivity index (χ1) is 14.3. The van der Waals surface area contributed by atoms with Crippen LogP contribution in [0.4, 0.5) is 5.69 Å². The van der Waals surface area contributed by atoms with Crippen LogP contribution >= 0.6 is 0 Å². The summed E-state index contributed by atoms with van der Waals surface area (Å²) >= 11 is 0. The Hall–Kier alpha value is -2.54. The Balaban J connectivity index is 1.97. The number of aryl methyl sites for hydroxylation is 1. The molecule has 0 bridgehead atoms. The summed E-state index contributed by atoms with van der Waals surface area (Å²) in [6.07, 6.45) is 2.78. The van der Waals surface area contributed by atoms with Crippen LogP contribution in [0.2, 0.25) is 0 Å². The standard InChI is InChI=1S/C23H32N2O4S/c1-5-19-13-15-20(16-14-19)18(3)24-23(26)12-9-17-25(30(4,27)28)21-10-7-8-11-22(21)29-6-2/h7-8,10-11,13-16,18H,5-6,9,12,17H2,1-4H3,(H,24,26). The highest BCUT2D eigenvalue weighted by molar-refractivity contribution is 7.92. The van der Waals surface area contributed by atoms with Gasteiger partial charge in [0, 0.05) is 13.0 Å². The summed E-state index contributed by atoms with van der Waals surface area (Å²) in [5.41, 5.74) is 2.79. The Kier molecular flexibility index (Phi) is 8.72. The number of hydrogen-bond acceptors (Lipinski definition) is 4. The summed E-state index contributed by atoms with van der Waals surface area (Å²) in [4.78, 5) is 12.4. The molecule has 0 aliphatic rings. The van der Waals surface area contributed by atoms with Crippen LogP contribution < -0.4 is 14.4 Å². The molecular weight excluding hydrogens is 400 g/mol. The van der Waals surface area contributed by atoms with Crippen molar-refractivity contribution in [3.05, 3.63) is 59.7 Å². The van der Waals surface area contributed by atoms with Crippen molar-refractivity contribution in [2.24, 2.45) is 0 Å². The highest BCUT2D eigenvalue weighted by Gasteiger charge is 2.21. The van der Waals surface area contributed by atoms with Crippen molar-refractivity contribution in [3.63, 3.8) is 0 Å². The predicted octanol–water partition coefficient (Wildman–Crippen LogP) is 4.07. The lowest BCUT2D eigenvalue weighted by Gasteiger charge is -2.24. The van der Waals surface area contributed by atoms with E-state index in [4.69, 9.17) is 4.74 Å². The summed E-state index contributed by atoms with van der Waals surface area (Å²) in [6, 6.07) is 15.1. The summed E-state index contributed by atoms with van der Waals surface area (Å²) in [6.45, 7) is 6.54. The van der Waals surface area contributed by atoms with E-state index in [2.05, 4.69) is 24.4 Å². The van der Waals surface area contributed by atoms with E-state index in [9.17, 15) is 13.2 Å². The third-order valence-electron chi connectivity index (χ3n) is 4.86. The van der Waals surface area contributed by atoms with E-state index in [0.717, 1.165) is 18.2 Å². The molecule has 1 atom stereocenters. The Labute approximate surface area is 180 Å². The molecule has 0 radical (unpaired) electrons. The highest BCUT2D eigenvalue weighted by Crippen LogP contribution is 2.30. The van der Waals surface area contributed by atoms with Crippen molar-refractivity contribution in [2.45, 2.75) is 46.1 Å². The molecule has 2 aromatic carbocycles. The molecule has 1 amide bonds. The maximum absolute atomic E-state index is 12.4. The van der Waals surface area contributed by atoms with Crippen molar-refractivity contribution < 1.29 is 17.9 Å². The lowest BCUT2D eigenvalue weighted by atomic mass is 10.0. The summed E-state index contributed by atoms with van der Waals surface area (Å²) in [7, 11) is -3.51. The second-order valence-corrected chi connectivity index (χ2v) is 9.13. The van der Waals surface area contributed by atoms with Crippen molar-refractivity contribution in [3.8, 4) is 5.75 Å². The van der Waals surface area contributed by atoms with Crippen LogP contribution in [0.3, 0.4) is 0 Å². The number of benzene rings is 2. The van der Waals surface area contributed by atoms with Crippen LogP contribution in [0.5, 0.6) is 5.75 Å². The first kappa shape index (κ1) is 23.7.